The maximum absolute atomic E-state index is 5.37. The fourth-order valence-electron chi connectivity index (χ4n) is 2.41. The van der Waals surface area contributed by atoms with E-state index in [2.05, 4.69) is 17.3 Å². The lowest BCUT2D eigenvalue weighted by atomic mass is 10.2. The molecule has 2 atom stereocenters. The largest absolute Gasteiger partial charge is 0.380 e. The quantitative estimate of drug-likeness (QED) is 0.704. The zero-order valence-electron chi connectivity index (χ0n) is 9.33. The summed E-state index contributed by atoms with van der Waals surface area (Å²) in [4.78, 5) is 2.54. The summed E-state index contributed by atoms with van der Waals surface area (Å²) >= 11 is 0. The maximum atomic E-state index is 5.37. The number of nitrogens with zero attached hydrogens (tertiary/aromatic N) is 1. The fraction of sp³-hybridized carbons (Fsp3) is 1.00. The van der Waals surface area contributed by atoms with Gasteiger partial charge < -0.3 is 10.1 Å². The molecule has 1 saturated carbocycles. The second-order valence-electron chi connectivity index (χ2n) is 4.64. The van der Waals surface area contributed by atoms with E-state index >= 15 is 0 Å². The standard InChI is InChI=1S/C11H22N2O/c1-12-11(9-3-4-9)8-13-6-5-10(7-13)14-2/h9-12H,3-8H2,1-2H3. The van der Waals surface area contributed by atoms with Crippen molar-refractivity contribution < 1.29 is 4.74 Å². The van der Waals surface area contributed by atoms with Gasteiger partial charge in [-0.05, 0) is 32.2 Å². The van der Waals surface area contributed by atoms with Gasteiger partial charge in [-0.2, -0.15) is 0 Å². The van der Waals surface area contributed by atoms with Crippen LogP contribution in [0.1, 0.15) is 19.3 Å². The van der Waals surface area contributed by atoms with Crippen molar-refractivity contribution in [3.05, 3.63) is 0 Å². The van der Waals surface area contributed by atoms with Crippen LogP contribution in [-0.2, 0) is 4.74 Å². The minimum atomic E-state index is 0.478. The van der Waals surface area contributed by atoms with E-state index in [0.717, 1.165) is 12.5 Å². The zero-order chi connectivity index (χ0) is 9.97. The molecule has 1 heterocycles. The molecule has 82 valence electrons. The number of ether oxygens (including phenoxy) is 1. The summed E-state index contributed by atoms with van der Waals surface area (Å²) in [6.07, 6.45) is 4.53. The summed E-state index contributed by atoms with van der Waals surface area (Å²) in [6, 6.07) is 0.714. The summed E-state index contributed by atoms with van der Waals surface area (Å²) < 4.78 is 5.37. The van der Waals surface area contributed by atoms with Gasteiger partial charge in [0.2, 0.25) is 0 Å². The predicted octanol–water partition coefficient (Wildman–Crippen LogP) is 0.705. The van der Waals surface area contributed by atoms with Crippen molar-refractivity contribution in [3.63, 3.8) is 0 Å². The highest BCUT2D eigenvalue weighted by atomic mass is 16.5. The Bertz CT molecular complexity index is 182. The van der Waals surface area contributed by atoms with Crippen molar-refractivity contribution >= 4 is 0 Å². The van der Waals surface area contributed by atoms with Gasteiger partial charge in [-0.25, -0.2) is 0 Å². The van der Waals surface area contributed by atoms with Gasteiger partial charge in [0.05, 0.1) is 6.10 Å². The highest BCUT2D eigenvalue weighted by molar-refractivity contribution is 4.89. The number of rotatable bonds is 5. The van der Waals surface area contributed by atoms with Crippen molar-refractivity contribution in [2.45, 2.75) is 31.4 Å². The number of likely N-dealkylation sites (tertiary alicyclic amines) is 1. The Morgan fingerprint density at radius 2 is 2.21 bits per heavy atom. The molecule has 2 unspecified atom stereocenters. The molecule has 1 N–H and O–H groups in total. The summed E-state index contributed by atoms with van der Waals surface area (Å²) in [7, 11) is 3.91. The second kappa shape index (κ2) is 4.60. The third kappa shape index (κ3) is 2.47. The Balaban J connectivity index is 1.73. The molecular weight excluding hydrogens is 176 g/mol. The van der Waals surface area contributed by atoms with Crippen LogP contribution >= 0.6 is 0 Å². The van der Waals surface area contributed by atoms with Crippen molar-refractivity contribution in [1.29, 1.82) is 0 Å². The molecule has 3 nitrogen and oxygen atoms in total. The molecule has 0 bridgehead atoms. The molecule has 2 aliphatic rings. The molecule has 0 aromatic heterocycles. The fourth-order valence-corrected chi connectivity index (χ4v) is 2.41. The molecule has 0 radical (unpaired) electrons. The summed E-state index contributed by atoms with van der Waals surface area (Å²) in [6.45, 7) is 3.55. The van der Waals surface area contributed by atoms with Crippen LogP contribution in [0.5, 0.6) is 0 Å². The van der Waals surface area contributed by atoms with Gasteiger partial charge in [0.15, 0.2) is 0 Å². The summed E-state index contributed by atoms with van der Waals surface area (Å²) in [5.41, 5.74) is 0. The molecule has 1 aliphatic heterocycles. The molecule has 1 aliphatic carbocycles. The Kier molecular flexibility index (Phi) is 3.42. The van der Waals surface area contributed by atoms with Gasteiger partial charge in [-0.3, -0.25) is 4.90 Å². The van der Waals surface area contributed by atoms with E-state index in [0.29, 0.717) is 12.1 Å². The second-order valence-corrected chi connectivity index (χ2v) is 4.64. The smallest absolute Gasteiger partial charge is 0.0710 e. The molecule has 2 rings (SSSR count). The SMILES string of the molecule is CNC(CN1CCC(OC)C1)C1CC1. The Labute approximate surface area is 86.8 Å². The normalized spacial score (nSPS) is 30.9. The number of nitrogens with one attached hydrogen (secondary N) is 1. The van der Waals surface area contributed by atoms with Crippen LogP contribution in [0.25, 0.3) is 0 Å². The lowest BCUT2D eigenvalue weighted by molar-refractivity contribution is 0.106. The van der Waals surface area contributed by atoms with E-state index in [1.54, 1.807) is 0 Å². The van der Waals surface area contributed by atoms with Gasteiger partial charge in [0, 0.05) is 32.8 Å². The Morgan fingerprint density at radius 1 is 1.43 bits per heavy atom. The summed E-state index contributed by atoms with van der Waals surface area (Å²) in [5, 5.41) is 3.44. The number of hydrogen-bond donors (Lipinski definition) is 1. The van der Waals surface area contributed by atoms with Crippen LogP contribution in [0.2, 0.25) is 0 Å². The average molecular weight is 198 g/mol. The van der Waals surface area contributed by atoms with E-state index in [1.807, 2.05) is 7.11 Å². The van der Waals surface area contributed by atoms with Gasteiger partial charge in [-0.1, -0.05) is 0 Å². The molecular formula is C11H22N2O. The monoisotopic (exact) mass is 198 g/mol. The van der Waals surface area contributed by atoms with E-state index in [4.69, 9.17) is 4.74 Å². The van der Waals surface area contributed by atoms with Gasteiger partial charge in [0.25, 0.3) is 0 Å². The van der Waals surface area contributed by atoms with Crippen molar-refractivity contribution in [1.82, 2.24) is 10.2 Å². The first kappa shape index (κ1) is 10.4. The highest BCUT2D eigenvalue weighted by Crippen LogP contribution is 2.33. The number of hydrogen-bond acceptors (Lipinski definition) is 3. The van der Waals surface area contributed by atoms with E-state index in [1.165, 1.54) is 32.4 Å². The Morgan fingerprint density at radius 3 is 2.71 bits per heavy atom. The van der Waals surface area contributed by atoms with Crippen LogP contribution in [0.3, 0.4) is 0 Å². The molecule has 3 heteroatoms. The lowest BCUT2D eigenvalue weighted by Crippen LogP contribution is -2.40. The van der Waals surface area contributed by atoms with Crippen LogP contribution in [0, 0.1) is 5.92 Å². The molecule has 0 aromatic rings. The van der Waals surface area contributed by atoms with Crippen LogP contribution in [0.4, 0.5) is 0 Å². The van der Waals surface area contributed by atoms with Crippen LogP contribution in [0.15, 0.2) is 0 Å². The first-order chi connectivity index (χ1) is 6.83. The summed E-state index contributed by atoms with van der Waals surface area (Å²) in [5.74, 6) is 0.946. The first-order valence-electron chi connectivity index (χ1n) is 5.76. The minimum Gasteiger partial charge on any atom is -0.380 e. The molecule has 2 fully saturated rings. The highest BCUT2D eigenvalue weighted by Gasteiger charge is 2.33. The molecule has 0 amide bonds. The third-order valence-corrected chi connectivity index (χ3v) is 3.58. The van der Waals surface area contributed by atoms with Gasteiger partial charge in [-0.15, -0.1) is 0 Å². The molecule has 0 aromatic carbocycles. The zero-order valence-corrected chi connectivity index (χ0v) is 9.33. The predicted molar refractivity (Wildman–Crippen MR) is 57.4 cm³/mol. The van der Waals surface area contributed by atoms with E-state index in [-0.39, 0.29) is 0 Å². The lowest BCUT2D eigenvalue weighted by Gasteiger charge is -2.23. The molecule has 0 spiro atoms. The van der Waals surface area contributed by atoms with E-state index < -0.39 is 0 Å². The first-order valence-corrected chi connectivity index (χ1v) is 5.76. The molecule has 1 saturated heterocycles. The van der Waals surface area contributed by atoms with Gasteiger partial charge >= 0.3 is 0 Å². The number of methoxy groups -OCH3 is 1. The van der Waals surface area contributed by atoms with Crippen molar-refractivity contribution in [3.8, 4) is 0 Å². The third-order valence-electron chi connectivity index (χ3n) is 3.58. The van der Waals surface area contributed by atoms with Crippen molar-refractivity contribution in [2.75, 3.05) is 33.8 Å². The van der Waals surface area contributed by atoms with E-state index in [9.17, 15) is 0 Å². The minimum absolute atomic E-state index is 0.478. The maximum Gasteiger partial charge on any atom is 0.0710 e. The van der Waals surface area contributed by atoms with Crippen molar-refractivity contribution in [2.24, 2.45) is 5.92 Å². The molecule has 14 heavy (non-hydrogen) atoms. The van der Waals surface area contributed by atoms with Crippen LogP contribution in [-0.4, -0.2) is 50.8 Å². The average Bonchev–Trinajstić information content (AvgIpc) is 2.95. The Hall–Kier alpha value is -0.120. The van der Waals surface area contributed by atoms with Crippen LogP contribution < -0.4 is 5.32 Å². The topological polar surface area (TPSA) is 24.5 Å². The number of likely N-dealkylation sites (N-methyl/N-ethyl adjacent to an activating group) is 1. The van der Waals surface area contributed by atoms with Gasteiger partial charge in [0.1, 0.15) is 0 Å².